The van der Waals surface area contributed by atoms with E-state index in [0.29, 0.717) is 25.5 Å². The summed E-state index contributed by atoms with van der Waals surface area (Å²) >= 11 is 0. The van der Waals surface area contributed by atoms with Crippen molar-refractivity contribution in [2.75, 3.05) is 19.6 Å². The second-order valence-electron chi connectivity index (χ2n) is 6.75. The van der Waals surface area contributed by atoms with Crippen molar-refractivity contribution in [3.8, 4) is 0 Å². The van der Waals surface area contributed by atoms with Gasteiger partial charge in [0.25, 0.3) is 0 Å². The van der Waals surface area contributed by atoms with Crippen molar-refractivity contribution in [2.24, 2.45) is 4.99 Å². The van der Waals surface area contributed by atoms with E-state index in [9.17, 15) is 9.90 Å². The molecule has 0 saturated heterocycles. The smallest absolute Gasteiger partial charge is 0.410 e. The quantitative estimate of drug-likeness (QED) is 0.804. The standard InChI is InChI=1S/C14H27N3O3/c1-10(18)14(5,6)16-11-9-17(8-7-15-11)12(19)20-13(2,3)4/h10,18H,7-9H2,1-6H3,(H,15,16). The minimum Gasteiger partial charge on any atom is -0.444 e. The van der Waals surface area contributed by atoms with Crippen LogP contribution in [0.3, 0.4) is 0 Å². The highest BCUT2D eigenvalue weighted by Crippen LogP contribution is 2.13. The van der Waals surface area contributed by atoms with Gasteiger partial charge in [-0.15, -0.1) is 0 Å². The predicted octanol–water partition coefficient (Wildman–Crippen LogP) is 1.38. The molecular formula is C14H27N3O3. The second-order valence-corrected chi connectivity index (χ2v) is 6.75. The van der Waals surface area contributed by atoms with Gasteiger partial charge in [-0.3, -0.25) is 9.89 Å². The van der Waals surface area contributed by atoms with Crippen LogP contribution in [0.5, 0.6) is 0 Å². The van der Waals surface area contributed by atoms with Crippen molar-refractivity contribution < 1.29 is 14.6 Å². The van der Waals surface area contributed by atoms with Gasteiger partial charge < -0.3 is 15.2 Å². The average molecular weight is 285 g/mol. The van der Waals surface area contributed by atoms with Gasteiger partial charge in [0.1, 0.15) is 11.4 Å². The van der Waals surface area contributed by atoms with E-state index >= 15 is 0 Å². The summed E-state index contributed by atoms with van der Waals surface area (Å²) in [5, 5.41) is 12.9. The van der Waals surface area contributed by atoms with Gasteiger partial charge in [-0.25, -0.2) is 4.79 Å². The number of amides is 1. The van der Waals surface area contributed by atoms with E-state index in [1.54, 1.807) is 11.8 Å². The van der Waals surface area contributed by atoms with Gasteiger partial charge >= 0.3 is 6.09 Å². The van der Waals surface area contributed by atoms with Gasteiger partial charge in [0.15, 0.2) is 0 Å². The maximum absolute atomic E-state index is 12.0. The zero-order chi connectivity index (χ0) is 15.6. The Labute approximate surface area is 121 Å². The Kier molecular flexibility index (Phi) is 5.02. The Hall–Kier alpha value is -1.30. The van der Waals surface area contributed by atoms with Crippen LogP contribution in [0.25, 0.3) is 0 Å². The van der Waals surface area contributed by atoms with Crippen molar-refractivity contribution in [3.63, 3.8) is 0 Å². The molecule has 0 aromatic carbocycles. The van der Waals surface area contributed by atoms with Crippen molar-refractivity contribution >= 4 is 11.9 Å². The highest BCUT2D eigenvalue weighted by Gasteiger charge is 2.29. The third-order valence-corrected chi connectivity index (χ3v) is 3.18. The summed E-state index contributed by atoms with van der Waals surface area (Å²) in [6.45, 7) is 12.5. The van der Waals surface area contributed by atoms with Crippen LogP contribution in [0.2, 0.25) is 0 Å². The van der Waals surface area contributed by atoms with Gasteiger partial charge in [-0.05, 0) is 41.5 Å². The van der Waals surface area contributed by atoms with E-state index in [2.05, 4.69) is 10.3 Å². The van der Waals surface area contributed by atoms with E-state index in [1.807, 2.05) is 34.6 Å². The molecule has 6 nitrogen and oxygen atoms in total. The molecule has 0 spiro atoms. The Balaban J connectivity index is 2.63. The predicted molar refractivity (Wildman–Crippen MR) is 79.0 cm³/mol. The molecular weight excluding hydrogens is 258 g/mol. The zero-order valence-corrected chi connectivity index (χ0v) is 13.4. The number of nitrogens with zero attached hydrogens (tertiary/aromatic N) is 2. The largest absolute Gasteiger partial charge is 0.444 e. The molecule has 1 rings (SSSR count). The maximum Gasteiger partial charge on any atom is 0.410 e. The second kappa shape index (κ2) is 5.99. The van der Waals surface area contributed by atoms with Gasteiger partial charge in [0, 0.05) is 6.54 Å². The number of aliphatic hydroxyl groups is 1. The molecule has 0 saturated carbocycles. The number of ether oxygens (including phenoxy) is 1. The van der Waals surface area contributed by atoms with Gasteiger partial charge in [0.05, 0.1) is 24.7 Å². The monoisotopic (exact) mass is 285 g/mol. The Bertz CT molecular complexity index is 384. The Morgan fingerprint density at radius 2 is 2.00 bits per heavy atom. The first-order valence-corrected chi connectivity index (χ1v) is 6.99. The number of carbonyl (C=O) groups is 1. The Morgan fingerprint density at radius 1 is 1.40 bits per heavy atom. The van der Waals surface area contributed by atoms with Gasteiger partial charge in [0.2, 0.25) is 0 Å². The molecule has 6 heteroatoms. The lowest BCUT2D eigenvalue weighted by atomic mass is 9.98. The summed E-state index contributed by atoms with van der Waals surface area (Å²) in [5.41, 5.74) is -0.992. The minimum absolute atomic E-state index is 0.332. The highest BCUT2D eigenvalue weighted by atomic mass is 16.6. The molecule has 0 radical (unpaired) electrons. The third-order valence-electron chi connectivity index (χ3n) is 3.18. The van der Waals surface area contributed by atoms with Crippen molar-refractivity contribution in [1.82, 2.24) is 10.2 Å². The fourth-order valence-electron chi connectivity index (χ4n) is 1.65. The van der Waals surface area contributed by atoms with Crippen molar-refractivity contribution in [2.45, 2.75) is 58.8 Å². The molecule has 1 atom stereocenters. The number of carbonyl (C=O) groups excluding carboxylic acids is 1. The summed E-state index contributed by atoms with van der Waals surface area (Å²) in [6, 6.07) is 0. The highest BCUT2D eigenvalue weighted by molar-refractivity contribution is 5.88. The first kappa shape index (κ1) is 16.8. The zero-order valence-electron chi connectivity index (χ0n) is 13.4. The number of amidine groups is 1. The van der Waals surface area contributed by atoms with E-state index < -0.39 is 17.2 Å². The summed E-state index contributed by atoms with van der Waals surface area (Å²) in [5.74, 6) is 0.702. The number of aliphatic imine (C=N–C) groups is 1. The summed E-state index contributed by atoms with van der Waals surface area (Å²) in [4.78, 5) is 18.0. The van der Waals surface area contributed by atoms with Gasteiger partial charge in [-0.2, -0.15) is 0 Å². The maximum atomic E-state index is 12.0. The first-order chi connectivity index (χ1) is 9.01. The van der Waals surface area contributed by atoms with E-state index in [-0.39, 0.29) is 6.09 Å². The van der Waals surface area contributed by atoms with Crippen molar-refractivity contribution in [1.29, 1.82) is 0 Å². The fraction of sp³-hybridized carbons (Fsp3) is 0.857. The number of nitrogens with one attached hydrogen (secondary N) is 1. The van der Waals surface area contributed by atoms with Crippen LogP contribution in [0.4, 0.5) is 4.79 Å². The van der Waals surface area contributed by atoms with Crippen molar-refractivity contribution in [3.05, 3.63) is 0 Å². The molecule has 1 amide bonds. The van der Waals surface area contributed by atoms with E-state index in [4.69, 9.17) is 4.74 Å². The molecule has 2 N–H and O–H groups in total. The summed E-state index contributed by atoms with van der Waals surface area (Å²) < 4.78 is 5.36. The molecule has 0 fully saturated rings. The summed E-state index contributed by atoms with van der Waals surface area (Å²) in [6.07, 6.45) is -0.858. The molecule has 20 heavy (non-hydrogen) atoms. The SMILES string of the molecule is CC(O)C(C)(C)NC1=NCCN(C(=O)OC(C)(C)C)C1. The van der Waals surface area contributed by atoms with Crippen LogP contribution in [-0.4, -0.2) is 58.8 Å². The molecule has 116 valence electrons. The van der Waals surface area contributed by atoms with Crippen LogP contribution < -0.4 is 5.32 Å². The lowest BCUT2D eigenvalue weighted by Crippen LogP contribution is -2.56. The van der Waals surface area contributed by atoms with Crippen LogP contribution >= 0.6 is 0 Å². The van der Waals surface area contributed by atoms with Crippen LogP contribution in [0, 0.1) is 0 Å². The molecule has 1 unspecified atom stereocenters. The lowest BCUT2D eigenvalue weighted by molar-refractivity contribution is 0.0273. The fourth-order valence-corrected chi connectivity index (χ4v) is 1.65. The number of hydrogen-bond acceptors (Lipinski definition) is 5. The van der Waals surface area contributed by atoms with Gasteiger partial charge in [-0.1, -0.05) is 0 Å². The molecule has 1 heterocycles. The normalized spacial score (nSPS) is 18.4. The molecule has 0 aromatic rings. The molecule has 0 aromatic heterocycles. The number of aliphatic hydroxyl groups excluding tert-OH is 1. The molecule has 0 aliphatic carbocycles. The molecule has 1 aliphatic heterocycles. The minimum atomic E-state index is -0.526. The average Bonchev–Trinajstić information content (AvgIpc) is 2.26. The molecule has 0 bridgehead atoms. The van der Waals surface area contributed by atoms with Crippen LogP contribution in [0.1, 0.15) is 41.5 Å². The first-order valence-electron chi connectivity index (χ1n) is 6.99. The number of hydrogen-bond donors (Lipinski definition) is 2. The number of rotatable bonds is 2. The summed E-state index contributed by atoms with van der Waals surface area (Å²) in [7, 11) is 0. The van der Waals surface area contributed by atoms with Crippen LogP contribution in [-0.2, 0) is 4.74 Å². The Morgan fingerprint density at radius 3 is 2.50 bits per heavy atom. The van der Waals surface area contributed by atoms with E-state index in [1.165, 1.54) is 0 Å². The topological polar surface area (TPSA) is 74.2 Å². The third kappa shape index (κ3) is 5.00. The lowest BCUT2D eigenvalue weighted by Gasteiger charge is -2.35. The van der Waals surface area contributed by atoms with E-state index in [0.717, 1.165) is 0 Å². The molecule has 1 aliphatic rings. The van der Waals surface area contributed by atoms with Crippen LogP contribution in [0.15, 0.2) is 4.99 Å².